The second-order valence-corrected chi connectivity index (χ2v) is 5.90. The molecule has 110 valence electrons. The van der Waals surface area contributed by atoms with Gasteiger partial charge >= 0.3 is 0 Å². The molecule has 5 heteroatoms. The monoisotopic (exact) mass is 296 g/mol. The summed E-state index contributed by atoms with van der Waals surface area (Å²) in [6.07, 6.45) is 1.91. The Bertz CT molecular complexity index is 491. The van der Waals surface area contributed by atoms with Crippen LogP contribution in [0.2, 0.25) is 5.02 Å². The number of rotatable bonds is 3. The smallest absolute Gasteiger partial charge is 0.257 e. The number of halogens is 1. The Balaban J connectivity index is 2.25. The minimum Gasteiger partial charge on any atom is -0.490 e. The van der Waals surface area contributed by atoms with Crippen LogP contribution < -0.4 is 10.5 Å². The van der Waals surface area contributed by atoms with Gasteiger partial charge in [0.1, 0.15) is 5.75 Å². The second-order valence-electron chi connectivity index (χ2n) is 5.46. The number of nitrogens with zero attached hydrogens (tertiary/aromatic N) is 1. The Morgan fingerprint density at radius 1 is 1.50 bits per heavy atom. The summed E-state index contributed by atoms with van der Waals surface area (Å²) in [7, 11) is 0. The predicted octanol–water partition coefficient (Wildman–Crippen LogP) is 2.69. The van der Waals surface area contributed by atoms with E-state index in [4.69, 9.17) is 22.1 Å². The summed E-state index contributed by atoms with van der Waals surface area (Å²) in [5, 5.41) is 0.533. The van der Waals surface area contributed by atoms with Crippen molar-refractivity contribution in [2.75, 3.05) is 13.1 Å². The Kier molecular flexibility index (Phi) is 4.89. The predicted molar refractivity (Wildman–Crippen MR) is 80.3 cm³/mol. The maximum atomic E-state index is 12.6. The number of carbonyl (C=O) groups is 1. The van der Waals surface area contributed by atoms with Gasteiger partial charge in [-0.25, -0.2) is 0 Å². The van der Waals surface area contributed by atoms with Crippen LogP contribution in [-0.2, 0) is 0 Å². The van der Waals surface area contributed by atoms with Crippen LogP contribution >= 0.6 is 11.6 Å². The lowest BCUT2D eigenvalue weighted by Crippen LogP contribution is -2.45. The van der Waals surface area contributed by atoms with E-state index in [-0.39, 0.29) is 18.1 Å². The summed E-state index contributed by atoms with van der Waals surface area (Å²) in [6.45, 7) is 5.19. The van der Waals surface area contributed by atoms with Crippen molar-refractivity contribution in [3.05, 3.63) is 28.8 Å². The molecule has 1 aromatic carbocycles. The van der Waals surface area contributed by atoms with Crippen LogP contribution in [0.1, 0.15) is 37.0 Å². The summed E-state index contributed by atoms with van der Waals surface area (Å²) in [5.41, 5.74) is 6.45. The topological polar surface area (TPSA) is 55.6 Å². The molecule has 2 N–H and O–H groups in total. The molecular formula is C15H21ClN2O2. The number of carbonyl (C=O) groups excluding carboxylic acids is 1. The average molecular weight is 297 g/mol. The van der Waals surface area contributed by atoms with E-state index < -0.39 is 0 Å². The van der Waals surface area contributed by atoms with Crippen LogP contribution in [0.3, 0.4) is 0 Å². The van der Waals surface area contributed by atoms with Gasteiger partial charge in [-0.3, -0.25) is 4.79 Å². The van der Waals surface area contributed by atoms with Crippen molar-refractivity contribution in [3.8, 4) is 5.75 Å². The van der Waals surface area contributed by atoms with E-state index in [0.29, 0.717) is 22.9 Å². The molecule has 1 aliphatic heterocycles. The Labute approximate surface area is 124 Å². The van der Waals surface area contributed by atoms with E-state index >= 15 is 0 Å². The zero-order chi connectivity index (χ0) is 14.7. The number of benzene rings is 1. The largest absolute Gasteiger partial charge is 0.490 e. The number of piperidine rings is 1. The number of nitrogens with two attached hydrogens (primary N) is 1. The van der Waals surface area contributed by atoms with Crippen LogP contribution in [0.4, 0.5) is 0 Å². The molecule has 0 radical (unpaired) electrons. The van der Waals surface area contributed by atoms with Gasteiger partial charge in [0.25, 0.3) is 5.91 Å². The highest BCUT2D eigenvalue weighted by Gasteiger charge is 2.25. The SMILES string of the molecule is CC(C)Oc1ccc(Cl)cc1C(=O)N1CCC[C@@H](N)C1. The molecule has 0 bridgehead atoms. The minimum absolute atomic E-state index is 0.00587. The van der Waals surface area contributed by atoms with Gasteiger partial charge in [-0.15, -0.1) is 0 Å². The van der Waals surface area contributed by atoms with Gasteiger partial charge in [0.2, 0.25) is 0 Å². The first-order chi connectivity index (χ1) is 9.47. The third-order valence-electron chi connectivity index (χ3n) is 3.28. The maximum absolute atomic E-state index is 12.6. The van der Waals surface area contributed by atoms with Gasteiger partial charge in [-0.1, -0.05) is 11.6 Å². The fourth-order valence-corrected chi connectivity index (χ4v) is 2.56. The normalized spacial score (nSPS) is 19.2. The third kappa shape index (κ3) is 3.64. The number of amides is 1. The van der Waals surface area contributed by atoms with Gasteiger partial charge in [-0.05, 0) is 44.9 Å². The zero-order valence-corrected chi connectivity index (χ0v) is 12.7. The van der Waals surface area contributed by atoms with Crippen LogP contribution in [0.25, 0.3) is 0 Å². The first kappa shape index (κ1) is 15.1. The Morgan fingerprint density at radius 3 is 2.90 bits per heavy atom. The lowest BCUT2D eigenvalue weighted by Gasteiger charge is -2.31. The van der Waals surface area contributed by atoms with Crippen LogP contribution in [0.15, 0.2) is 18.2 Å². The van der Waals surface area contributed by atoms with E-state index in [1.54, 1.807) is 23.1 Å². The fraction of sp³-hybridized carbons (Fsp3) is 0.533. The van der Waals surface area contributed by atoms with Crippen molar-refractivity contribution in [1.29, 1.82) is 0 Å². The molecule has 4 nitrogen and oxygen atoms in total. The molecular weight excluding hydrogens is 276 g/mol. The highest BCUT2D eigenvalue weighted by atomic mass is 35.5. The minimum atomic E-state index is -0.0571. The highest BCUT2D eigenvalue weighted by molar-refractivity contribution is 6.31. The molecule has 0 spiro atoms. The average Bonchev–Trinajstić information content (AvgIpc) is 2.39. The zero-order valence-electron chi connectivity index (χ0n) is 11.9. The molecule has 1 amide bonds. The van der Waals surface area contributed by atoms with Gasteiger partial charge < -0.3 is 15.4 Å². The molecule has 0 aliphatic carbocycles. The molecule has 1 saturated heterocycles. The van der Waals surface area contributed by atoms with E-state index in [1.165, 1.54) is 0 Å². The number of ether oxygens (including phenoxy) is 1. The second kappa shape index (κ2) is 6.46. The first-order valence-corrected chi connectivity index (χ1v) is 7.36. The third-order valence-corrected chi connectivity index (χ3v) is 3.51. The van der Waals surface area contributed by atoms with Crippen molar-refractivity contribution < 1.29 is 9.53 Å². The fourth-order valence-electron chi connectivity index (χ4n) is 2.39. The molecule has 2 rings (SSSR count). The highest BCUT2D eigenvalue weighted by Crippen LogP contribution is 2.26. The number of hydrogen-bond donors (Lipinski definition) is 1. The van der Waals surface area contributed by atoms with Crippen molar-refractivity contribution in [2.45, 2.75) is 38.8 Å². The van der Waals surface area contributed by atoms with E-state index in [1.807, 2.05) is 13.8 Å². The van der Waals surface area contributed by atoms with Gasteiger partial charge in [-0.2, -0.15) is 0 Å². The van der Waals surface area contributed by atoms with Crippen molar-refractivity contribution >= 4 is 17.5 Å². The van der Waals surface area contributed by atoms with Crippen molar-refractivity contribution in [2.24, 2.45) is 5.73 Å². The molecule has 0 saturated carbocycles. The Hall–Kier alpha value is -1.26. The standard InChI is InChI=1S/C15H21ClN2O2/c1-10(2)20-14-6-5-11(16)8-13(14)15(19)18-7-3-4-12(17)9-18/h5-6,8,10,12H,3-4,7,9,17H2,1-2H3/t12-/m1/s1. The van der Waals surface area contributed by atoms with E-state index in [0.717, 1.165) is 19.4 Å². The lowest BCUT2D eigenvalue weighted by atomic mass is 10.0. The molecule has 1 fully saturated rings. The first-order valence-electron chi connectivity index (χ1n) is 6.98. The molecule has 1 aliphatic rings. The molecule has 1 heterocycles. The lowest BCUT2D eigenvalue weighted by molar-refractivity contribution is 0.0702. The molecule has 0 unspecified atom stereocenters. The van der Waals surface area contributed by atoms with Gasteiger partial charge in [0.15, 0.2) is 0 Å². The van der Waals surface area contributed by atoms with E-state index in [2.05, 4.69) is 0 Å². The number of hydrogen-bond acceptors (Lipinski definition) is 3. The number of likely N-dealkylation sites (tertiary alicyclic amines) is 1. The quantitative estimate of drug-likeness (QED) is 0.933. The van der Waals surface area contributed by atoms with Crippen molar-refractivity contribution in [1.82, 2.24) is 4.90 Å². The molecule has 1 aromatic rings. The van der Waals surface area contributed by atoms with E-state index in [9.17, 15) is 4.79 Å². The van der Waals surface area contributed by atoms with Crippen LogP contribution in [0.5, 0.6) is 5.75 Å². The Morgan fingerprint density at radius 2 is 2.25 bits per heavy atom. The van der Waals surface area contributed by atoms with Gasteiger partial charge in [0.05, 0.1) is 11.7 Å². The summed E-state index contributed by atoms with van der Waals surface area (Å²) < 4.78 is 5.70. The summed E-state index contributed by atoms with van der Waals surface area (Å²) >= 11 is 6.01. The molecule has 1 atom stereocenters. The van der Waals surface area contributed by atoms with Gasteiger partial charge in [0, 0.05) is 24.2 Å². The maximum Gasteiger partial charge on any atom is 0.257 e. The van der Waals surface area contributed by atoms with Crippen LogP contribution in [-0.4, -0.2) is 36.0 Å². The molecule has 0 aromatic heterocycles. The molecule has 20 heavy (non-hydrogen) atoms. The van der Waals surface area contributed by atoms with Crippen LogP contribution in [0, 0.1) is 0 Å². The summed E-state index contributed by atoms with van der Waals surface area (Å²) in [5.74, 6) is 0.520. The van der Waals surface area contributed by atoms with Crippen molar-refractivity contribution in [3.63, 3.8) is 0 Å². The summed E-state index contributed by atoms with van der Waals surface area (Å²) in [4.78, 5) is 14.4. The summed E-state index contributed by atoms with van der Waals surface area (Å²) in [6, 6.07) is 5.21.